The number of carbonyl (C=O) groups excluding carboxylic acids is 1. The van der Waals surface area contributed by atoms with Crippen molar-refractivity contribution < 1.29 is 22.7 Å². The van der Waals surface area contributed by atoms with Crippen LogP contribution in [0.1, 0.15) is 77.6 Å². The third-order valence-corrected chi connectivity index (χ3v) is 8.50. The van der Waals surface area contributed by atoms with Crippen molar-refractivity contribution in [3.05, 3.63) is 0 Å². The summed E-state index contributed by atoms with van der Waals surface area (Å²) in [5.41, 5.74) is -0.348. The molecule has 3 rings (SSSR count). The largest absolute Gasteiger partial charge is 0.466 e. The average molecular weight is 388 g/mol. The van der Waals surface area contributed by atoms with Crippen LogP contribution in [0.2, 0.25) is 0 Å². The Hall–Kier alpha value is -0.660. The standard InChI is InChI=1S/C19H33NO5S/c1-2-24-18(21)10-9-16-11-13-19(25-16)12-6-14-20(15-19)26(22,23)17-7-4-3-5-8-17/h16-17H,2-15H2,1H3/t16-,19+/m1/s1. The van der Waals surface area contributed by atoms with Gasteiger partial charge in [0.25, 0.3) is 0 Å². The van der Waals surface area contributed by atoms with Gasteiger partial charge in [0, 0.05) is 19.5 Å². The number of ether oxygens (including phenoxy) is 2. The first-order valence-corrected chi connectivity index (χ1v) is 11.8. The van der Waals surface area contributed by atoms with Crippen molar-refractivity contribution in [2.45, 2.75) is 94.5 Å². The summed E-state index contributed by atoms with van der Waals surface area (Å²) in [6.45, 7) is 3.32. The Bertz CT molecular complexity index is 587. The average Bonchev–Trinajstić information content (AvgIpc) is 3.03. The third-order valence-electron chi connectivity index (χ3n) is 6.15. The van der Waals surface area contributed by atoms with Gasteiger partial charge in [0.05, 0.1) is 23.6 Å². The second kappa shape index (κ2) is 8.57. The van der Waals surface area contributed by atoms with Crippen LogP contribution >= 0.6 is 0 Å². The van der Waals surface area contributed by atoms with Crippen LogP contribution in [0.3, 0.4) is 0 Å². The van der Waals surface area contributed by atoms with E-state index in [2.05, 4.69) is 0 Å². The smallest absolute Gasteiger partial charge is 0.305 e. The van der Waals surface area contributed by atoms with E-state index in [-0.39, 0.29) is 22.9 Å². The van der Waals surface area contributed by atoms with Gasteiger partial charge in [-0.3, -0.25) is 4.79 Å². The van der Waals surface area contributed by atoms with E-state index in [1.54, 1.807) is 4.31 Å². The van der Waals surface area contributed by atoms with Crippen molar-refractivity contribution in [2.24, 2.45) is 0 Å². The minimum atomic E-state index is -3.22. The molecule has 0 aromatic heterocycles. The Morgan fingerprint density at radius 2 is 1.92 bits per heavy atom. The number of esters is 1. The highest BCUT2D eigenvalue weighted by atomic mass is 32.2. The van der Waals surface area contributed by atoms with Crippen molar-refractivity contribution in [2.75, 3.05) is 19.7 Å². The highest BCUT2D eigenvalue weighted by Gasteiger charge is 2.47. The number of rotatable bonds is 6. The second-order valence-electron chi connectivity index (χ2n) is 8.05. The molecule has 26 heavy (non-hydrogen) atoms. The molecule has 0 radical (unpaired) electrons. The van der Waals surface area contributed by atoms with Crippen molar-refractivity contribution >= 4 is 16.0 Å². The number of hydrogen-bond donors (Lipinski definition) is 0. The number of piperidine rings is 1. The Balaban J connectivity index is 1.57. The topological polar surface area (TPSA) is 72.9 Å². The Labute approximate surface area is 157 Å². The van der Waals surface area contributed by atoms with Gasteiger partial charge in [-0.15, -0.1) is 0 Å². The summed E-state index contributed by atoms with van der Waals surface area (Å²) >= 11 is 0. The number of nitrogens with zero attached hydrogens (tertiary/aromatic N) is 1. The first-order valence-electron chi connectivity index (χ1n) is 10.3. The molecule has 2 heterocycles. The molecule has 1 spiro atoms. The summed E-state index contributed by atoms with van der Waals surface area (Å²) < 4.78 is 39.1. The van der Waals surface area contributed by atoms with Crippen LogP contribution in [-0.4, -0.2) is 55.3 Å². The van der Waals surface area contributed by atoms with E-state index in [9.17, 15) is 13.2 Å². The molecule has 0 aromatic rings. The van der Waals surface area contributed by atoms with Gasteiger partial charge in [-0.2, -0.15) is 4.31 Å². The molecular formula is C19H33NO5S. The minimum absolute atomic E-state index is 0.0386. The normalized spacial score (nSPS) is 31.3. The summed E-state index contributed by atoms with van der Waals surface area (Å²) in [4.78, 5) is 11.6. The predicted octanol–water partition coefficient (Wildman–Crippen LogP) is 3.01. The van der Waals surface area contributed by atoms with Crippen LogP contribution in [0.15, 0.2) is 0 Å². The molecule has 1 aliphatic carbocycles. The highest BCUT2D eigenvalue weighted by molar-refractivity contribution is 7.89. The molecule has 1 saturated carbocycles. The highest BCUT2D eigenvalue weighted by Crippen LogP contribution is 2.40. The molecule has 0 aromatic carbocycles. The fraction of sp³-hybridized carbons (Fsp3) is 0.947. The van der Waals surface area contributed by atoms with E-state index >= 15 is 0 Å². The van der Waals surface area contributed by atoms with Crippen LogP contribution in [0.25, 0.3) is 0 Å². The molecule has 3 fully saturated rings. The lowest BCUT2D eigenvalue weighted by Crippen LogP contribution is -2.52. The molecule has 3 aliphatic rings. The molecule has 150 valence electrons. The number of carbonyl (C=O) groups is 1. The zero-order chi connectivity index (χ0) is 18.6. The zero-order valence-corrected chi connectivity index (χ0v) is 16.8. The lowest BCUT2D eigenvalue weighted by atomic mass is 9.91. The van der Waals surface area contributed by atoms with Crippen LogP contribution in [-0.2, 0) is 24.3 Å². The summed E-state index contributed by atoms with van der Waals surface area (Å²) in [5, 5.41) is -0.201. The monoisotopic (exact) mass is 387 g/mol. The first-order chi connectivity index (χ1) is 12.5. The maximum absolute atomic E-state index is 13.1. The van der Waals surface area contributed by atoms with Crippen molar-refractivity contribution in [1.29, 1.82) is 0 Å². The SMILES string of the molecule is CCOC(=O)CC[C@@H]1CC[C@]2(CCCN(S(=O)(=O)C3CCCCC3)C2)O1. The van der Waals surface area contributed by atoms with Gasteiger partial charge in [-0.05, 0) is 51.9 Å². The lowest BCUT2D eigenvalue weighted by molar-refractivity contribution is -0.144. The summed E-state index contributed by atoms with van der Waals surface area (Å²) in [5.74, 6) is -0.179. The molecule has 0 unspecified atom stereocenters. The Morgan fingerprint density at radius 1 is 1.15 bits per heavy atom. The maximum Gasteiger partial charge on any atom is 0.305 e. The number of hydrogen-bond acceptors (Lipinski definition) is 5. The van der Waals surface area contributed by atoms with Crippen LogP contribution in [0.4, 0.5) is 0 Å². The molecular weight excluding hydrogens is 354 g/mol. The van der Waals surface area contributed by atoms with Crippen LogP contribution < -0.4 is 0 Å². The van der Waals surface area contributed by atoms with Crippen LogP contribution in [0.5, 0.6) is 0 Å². The van der Waals surface area contributed by atoms with Crippen molar-refractivity contribution in [3.63, 3.8) is 0 Å². The second-order valence-corrected chi connectivity index (χ2v) is 10.3. The van der Waals surface area contributed by atoms with Gasteiger partial charge in [0.1, 0.15) is 0 Å². The fourth-order valence-corrected chi connectivity index (χ4v) is 6.91. The van der Waals surface area contributed by atoms with Gasteiger partial charge in [-0.25, -0.2) is 8.42 Å². The summed E-state index contributed by atoms with van der Waals surface area (Å²) in [6.07, 6.45) is 9.44. The minimum Gasteiger partial charge on any atom is -0.466 e. The van der Waals surface area contributed by atoms with E-state index in [1.165, 1.54) is 0 Å². The van der Waals surface area contributed by atoms with Crippen molar-refractivity contribution in [1.82, 2.24) is 4.31 Å². The lowest BCUT2D eigenvalue weighted by Gasteiger charge is -2.41. The van der Waals surface area contributed by atoms with Gasteiger partial charge in [-0.1, -0.05) is 19.3 Å². The molecule has 0 N–H and O–H groups in total. The molecule has 0 amide bonds. The third kappa shape index (κ3) is 4.60. The molecule has 2 saturated heterocycles. The van der Waals surface area contributed by atoms with E-state index in [0.29, 0.717) is 32.5 Å². The Morgan fingerprint density at radius 3 is 2.65 bits per heavy atom. The van der Waals surface area contributed by atoms with Crippen LogP contribution in [0, 0.1) is 0 Å². The first kappa shape index (κ1) is 20.1. The van der Waals surface area contributed by atoms with Crippen molar-refractivity contribution in [3.8, 4) is 0 Å². The van der Waals surface area contributed by atoms with E-state index in [0.717, 1.165) is 57.8 Å². The Kier molecular flexibility index (Phi) is 6.62. The number of sulfonamides is 1. The van der Waals surface area contributed by atoms with Gasteiger partial charge in [0.2, 0.25) is 10.0 Å². The quantitative estimate of drug-likeness (QED) is 0.655. The van der Waals surface area contributed by atoms with E-state index in [1.807, 2.05) is 6.92 Å². The fourth-order valence-electron chi connectivity index (χ4n) is 4.76. The molecule has 6 nitrogen and oxygen atoms in total. The zero-order valence-electron chi connectivity index (χ0n) is 16.0. The molecule has 2 aliphatic heterocycles. The van der Waals surface area contributed by atoms with Gasteiger partial charge >= 0.3 is 5.97 Å². The summed E-state index contributed by atoms with van der Waals surface area (Å²) in [6, 6.07) is 0. The predicted molar refractivity (Wildman–Crippen MR) is 99.3 cm³/mol. The molecule has 7 heteroatoms. The van der Waals surface area contributed by atoms with Gasteiger partial charge < -0.3 is 9.47 Å². The molecule has 2 atom stereocenters. The summed E-state index contributed by atoms with van der Waals surface area (Å²) in [7, 11) is -3.22. The van der Waals surface area contributed by atoms with Gasteiger partial charge in [0.15, 0.2) is 0 Å². The molecule has 0 bridgehead atoms. The van der Waals surface area contributed by atoms with E-state index in [4.69, 9.17) is 9.47 Å². The van der Waals surface area contributed by atoms with E-state index < -0.39 is 10.0 Å². The maximum atomic E-state index is 13.1.